The summed E-state index contributed by atoms with van der Waals surface area (Å²) >= 11 is 0. The topological polar surface area (TPSA) is 84.4 Å². The molecular weight excluding hydrogens is 408 g/mol. The number of nitrogens with one attached hydrogen (secondary N) is 2. The second-order valence-corrected chi connectivity index (χ2v) is 7.50. The van der Waals surface area contributed by atoms with Gasteiger partial charge in [-0.3, -0.25) is 9.79 Å². The predicted octanol–water partition coefficient (Wildman–Crippen LogP) is 2.70. The van der Waals surface area contributed by atoms with Gasteiger partial charge in [0.15, 0.2) is 17.5 Å². The van der Waals surface area contributed by atoms with Crippen molar-refractivity contribution in [2.24, 2.45) is 4.99 Å². The highest BCUT2D eigenvalue weighted by atomic mass is 16.5. The van der Waals surface area contributed by atoms with Crippen LogP contribution in [0.1, 0.15) is 29.5 Å². The fraction of sp³-hybridized carbons (Fsp3) is 0.417. The Balaban J connectivity index is 1.62. The van der Waals surface area contributed by atoms with E-state index in [0.717, 1.165) is 29.7 Å². The van der Waals surface area contributed by atoms with Crippen LogP contribution in [0.5, 0.6) is 17.2 Å². The summed E-state index contributed by atoms with van der Waals surface area (Å²) in [6.07, 6.45) is 1.59. The SMILES string of the molecule is CN=C(NCc1cc(OC)c(OC)c(OC)c1)NCc1ccccc1CN1CCCC1=O. The van der Waals surface area contributed by atoms with Crippen molar-refractivity contribution in [3.8, 4) is 17.2 Å². The van der Waals surface area contributed by atoms with Crippen LogP contribution >= 0.6 is 0 Å². The molecule has 32 heavy (non-hydrogen) atoms. The molecule has 8 nitrogen and oxygen atoms in total. The second kappa shape index (κ2) is 11.3. The van der Waals surface area contributed by atoms with E-state index in [-0.39, 0.29) is 5.91 Å². The molecule has 1 aliphatic rings. The zero-order chi connectivity index (χ0) is 22.9. The Morgan fingerprint density at radius 2 is 1.66 bits per heavy atom. The van der Waals surface area contributed by atoms with Crippen molar-refractivity contribution in [3.05, 3.63) is 53.1 Å². The van der Waals surface area contributed by atoms with Gasteiger partial charge >= 0.3 is 0 Å². The molecule has 0 saturated carbocycles. The van der Waals surface area contributed by atoms with Crippen molar-refractivity contribution < 1.29 is 19.0 Å². The molecule has 1 heterocycles. The van der Waals surface area contributed by atoms with Gasteiger partial charge in [0.2, 0.25) is 11.7 Å². The standard InChI is InChI=1S/C24H32N4O4/c1-25-24(26-14-17-12-20(30-2)23(32-4)21(13-17)31-3)27-15-18-8-5-6-9-19(18)16-28-11-7-10-22(28)29/h5-6,8-9,12-13H,7,10-11,14-16H2,1-4H3,(H2,25,26,27). The molecule has 8 heteroatoms. The molecule has 0 atom stereocenters. The smallest absolute Gasteiger partial charge is 0.222 e. The summed E-state index contributed by atoms with van der Waals surface area (Å²) in [5.41, 5.74) is 3.26. The molecule has 0 spiro atoms. The zero-order valence-corrected chi connectivity index (χ0v) is 19.2. The van der Waals surface area contributed by atoms with Gasteiger partial charge in [0.25, 0.3) is 0 Å². The van der Waals surface area contributed by atoms with Gasteiger partial charge in [-0.05, 0) is 35.2 Å². The van der Waals surface area contributed by atoms with Gasteiger partial charge < -0.3 is 29.7 Å². The van der Waals surface area contributed by atoms with Crippen LogP contribution in [0.15, 0.2) is 41.4 Å². The van der Waals surface area contributed by atoms with Crippen molar-refractivity contribution in [1.82, 2.24) is 15.5 Å². The normalized spacial score (nSPS) is 13.8. The van der Waals surface area contributed by atoms with Gasteiger partial charge in [-0.15, -0.1) is 0 Å². The molecule has 0 unspecified atom stereocenters. The Hall–Kier alpha value is -3.42. The number of likely N-dealkylation sites (tertiary alicyclic amines) is 1. The van der Waals surface area contributed by atoms with Crippen LogP contribution in [0, 0.1) is 0 Å². The summed E-state index contributed by atoms with van der Waals surface area (Å²) in [6.45, 7) is 2.61. The number of carbonyl (C=O) groups excluding carboxylic acids is 1. The van der Waals surface area contributed by atoms with Crippen LogP contribution in [-0.4, -0.2) is 51.7 Å². The molecule has 0 radical (unpaired) electrons. The first-order valence-corrected chi connectivity index (χ1v) is 10.7. The number of amides is 1. The third-order valence-corrected chi connectivity index (χ3v) is 5.51. The van der Waals surface area contributed by atoms with E-state index < -0.39 is 0 Å². The van der Waals surface area contributed by atoms with Crippen LogP contribution in [0.2, 0.25) is 0 Å². The number of benzene rings is 2. The van der Waals surface area contributed by atoms with E-state index in [9.17, 15) is 4.79 Å². The van der Waals surface area contributed by atoms with Gasteiger partial charge in [0, 0.05) is 39.6 Å². The Bertz CT molecular complexity index is 936. The average Bonchev–Trinajstić information content (AvgIpc) is 3.23. The molecule has 1 saturated heterocycles. The quantitative estimate of drug-likeness (QED) is 0.461. The second-order valence-electron chi connectivity index (χ2n) is 7.50. The number of rotatable bonds is 9. The van der Waals surface area contributed by atoms with E-state index in [1.165, 1.54) is 0 Å². The first-order chi connectivity index (χ1) is 15.6. The lowest BCUT2D eigenvalue weighted by atomic mass is 10.1. The maximum atomic E-state index is 12.0. The predicted molar refractivity (Wildman–Crippen MR) is 124 cm³/mol. The molecular formula is C24H32N4O4. The Labute approximate surface area is 189 Å². The van der Waals surface area contributed by atoms with Gasteiger partial charge in [0.1, 0.15) is 0 Å². The third kappa shape index (κ3) is 5.63. The maximum absolute atomic E-state index is 12.0. The van der Waals surface area contributed by atoms with Gasteiger partial charge in [-0.1, -0.05) is 24.3 Å². The zero-order valence-electron chi connectivity index (χ0n) is 19.2. The molecule has 1 aliphatic heterocycles. The number of ether oxygens (including phenoxy) is 3. The maximum Gasteiger partial charge on any atom is 0.222 e. The first-order valence-electron chi connectivity index (χ1n) is 10.7. The van der Waals surface area contributed by atoms with E-state index in [1.807, 2.05) is 29.2 Å². The minimum atomic E-state index is 0.232. The van der Waals surface area contributed by atoms with E-state index in [2.05, 4.69) is 27.8 Å². The van der Waals surface area contributed by atoms with Gasteiger partial charge in [0.05, 0.1) is 21.3 Å². The molecule has 1 amide bonds. The highest BCUT2D eigenvalue weighted by Gasteiger charge is 2.21. The number of methoxy groups -OCH3 is 3. The number of nitrogens with zero attached hydrogens (tertiary/aromatic N) is 2. The molecule has 0 aliphatic carbocycles. The average molecular weight is 441 g/mol. The molecule has 2 aromatic rings. The summed E-state index contributed by atoms with van der Waals surface area (Å²) in [6, 6.07) is 12.0. The summed E-state index contributed by atoms with van der Waals surface area (Å²) in [7, 11) is 6.52. The molecule has 2 N–H and O–H groups in total. The fourth-order valence-electron chi connectivity index (χ4n) is 3.78. The Morgan fingerprint density at radius 1 is 1.00 bits per heavy atom. The first kappa shape index (κ1) is 23.2. The van der Waals surface area contributed by atoms with Crippen LogP contribution in [0.25, 0.3) is 0 Å². The molecule has 1 fully saturated rings. The van der Waals surface area contributed by atoms with E-state index in [0.29, 0.717) is 49.3 Å². The summed E-state index contributed by atoms with van der Waals surface area (Å²) in [5.74, 6) is 2.68. The lowest BCUT2D eigenvalue weighted by Gasteiger charge is -2.19. The highest BCUT2D eigenvalue weighted by Crippen LogP contribution is 2.38. The minimum Gasteiger partial charge on any atom is -0.493 e. The minimum absolute atomic E-state index is 0.232. The van der Waals surface area contributed by atoms with Crippen molar-refractivity contribution >= 4 is 11.9 Å². The van der Waals surface area contributed by atoms with Crippen molar-refractivity contribution in [2.75, 3.05) is 34.9 Å². The number of aliphatic imine (C=N–C) groups is 1. The summed E-state index contributed by atoms with van der Waals surface area (Å²) < 4.78 is 16.2. The van der Waals surface area contributed by atoms with Crippen molar-refractivity contribution in [2.45, 2.75) is 32.5 Å². The molecule has 3 rings (SSSR count). The Morgan fingerprint density at radius 3 is 2.22 bits per heavy atom. The number of guanidine groups is 1. The van der Waals surface area contributed by atoms with E-state index in [1.54, 1.807) is 28.4 Å². The number of carbonyl (C=O) groups is 1. The van der Waals surface area contributed by atoms with Crippen LogP contribution in [0.4, 0.5) is 0 Å². The van der Waals surface area contributed by atoms with Crippen LogP contribution < -0.4 is 24.8 Å². The van der Waals surface area contributed by atoms with Gasteiger partial charge in [-0.2, -0.15) is 0 Å². The lowest BCUT2D eigenvalue weighted by Crippen LogP contribution is -2.36. The summed E-state index contributed by atoms with van der Waals surface area (Å²) in [4.78, 5) is 18.3. The van der Waals surface area contributed by atoms with Crippen molar-refractivity contribution in [3.63, 3.8) is 0 Å². The highest BCUT2D eigenvalue weighted by molar-refractivity contribution is 5.80. The van der Waals surface area contributed by atoms with E-state index in [4.69, 9.17) is 14.2 Å². The Kier molecular flexibility index (Phi) is 8.19. The molecule has 0 aromatic heterocycles. The summed E-state index contributed by atoms with van der Waals surface area (Å²) in [5, 5.41) is 6.68. The van der Waals surface area contributed by atoms with Gasteiger partial charge in [-0.25, -0.2) is 0 Å². The van der Waals surface area contributed by atoms with E-state index >= 15 is 0 Å². The number of hydrogen-bond acceptors (Lipinski definition) is 5. The molecule has 172 valence electrons. The van der Waals surface area contributed by atoms with Crippen LogP contribution in [0.3, 0.4) is 0 Å². The fourth-order valence-corrected chi connectivity index (χ4v) is 3.78. The van der Waals surface area contributed by atoms with Crippen LogP contribution in [-0.2, 0) is 24.4 Å². The molecule has 2 aromatic carbocycles. The lowest BCUT2D eigenvalue weighted by molar-refractivity contribution is -0.128. The largest absolute Gasteiger partial charge is 0.493 e. The molecule has 0 bridgehead atoms. The number of hydrogen-bond donors (Lipinski definition) is 2. The van der Waals surface area contributed by atoms with Crippen molar-refractivity contribution in [1.29, 1.82) is 0 Å². The monoisotopic (exact) mass is 440 g/mol. The third-order valence-electron chi connectivity index (χ3n) is 5.51.